The van der Waals surface area contributed by atoms with Crippen LogP contribution in [0.2, 0.25) is 0 Å². The Bertz CT molecular complexity index is 170. The van der Waals surface area contributed by atoms with E-state index in [1.165, 1.54) is 0 Å². The summed E-state index contributed by atoms with van der Waals surface area (Å²) in [4.78, 5) is 7.04. The van der Waals surface area contributed by atoms with Crippen molar-refractivity contribution in [3.05, 3.63) is 0 Å². The van der Waals surface area contributed by atoms with E-state index < -0.39 is 0 Å². The van der Waals surface area contributed by atoms with E-state index in [0.717, 1.165) is 0 Å². The van der Waals surface area contributed by atoms with E-state index in [9.17, 15) is 0 Å². The Morgan fingerprint density at radius 2 is 1.64 bits per heavy atom. The van der Waals surface area contributed by atoms with Crippen LogP contribution in [0, 0.1) is 5.41 Å². The molecule has 0 aromatic rings. The predicted octanol–water partition coefficient (Wildman–Crippen LogP) is -0.641. The van der Waals surface area contributed by atoms with Gasteiger partial charge in [0, 0.05) is 28.2 Å². The second-order valence-corrected chi connectivity index (χ2v) is 2.58. The summed E-state index contributed by atoms with van der Waals surface area (Å²) < 4.78 is 0. The molecule has 0 aliphatic heterocycles. The molecule has 11 heavy (non-hydrogen) atoms. The Labute approximate surface area is 67.0 Å². The third-order valence-corrected chi connectivity index (χ3v) is 1.10. The molecule has 0 aromatic carbocycles. The second kappa shape index (κ2) is 3.80. The molecule has 0 aromatic heterocycles. The number of hydrogen-bond donors (Lipinski definition) is 2. The molecule has 0 fully saturated rings. The van der Waals surface area contributed by atoms with Crippen LogP contribution in [0.4, 0.5) is 0 Å². The van der Waals surface area contributed by atoms with E-state index in [1.54, 1.807) is 38.0 Å². The molecule has 0 amide bonds. The number of nitrogens with one attached hydrogen (secondary N) is 1. The Morgan fingerprint density at radius 1 is 1.18 bits per heavy atom. The molecule has 0 saturated carbocycles. The molecule has 0 unspecified atom stereocenters. The summed E-state index contributed by atoms with van der Waals surface area (Å²) in [6, 6.07) is 0. The first-order valence-electron chi connectivity index (χ1n) is 3.22. The lowest BCUT2D eigenvalue weighted by atomic mass is 10.7. The molecule has 5 heteroatoms. The summed E-state index contributed by atoms with van der Waals surface area (Å²) in [6.07, 6.45) is 0. The van der Waals surface area contributed by atoms with Gasteiger partial charge in [0.25, 0.3) is 0 Å². The molecule has 3 N–H and O–H groups in total. The average Bonchev–Trinajstić information content (AvgIpc) is 1.87. The number of guanidine groups is 2. The van der Waals surface area contributed by atoms with E-state index in [4.69, 9.17) is 11.1 Å². The third-order valence-electron chi connectivity index (χ3n) is 1.10. The van der Waals surface area contributed by atoms with E-state index >= 15 is 0 Å². The first kappa shape index (κ1) is 9.74. The molecule has 0 radical (unpaired) electrons. The van der Waals surface area contributed by atoms with E-state index in [-0.39, 0.29) is 5.96 Å². The van der Waals surface area contributed by atoms with Crippen LogP contribution >= 0.6 is 0 Å². The zero-order valence-electron chi connectivity index (χ0n) is 7.42. The van der Waals surface area contributed by atoms with Gasteiger partial charge in [-0.2, -0.15) is 4.99 Å². The van der Waals surface area contributed by atoms with Gasteiger partial charge >= 0.3 is 0 Å². The summed E-state index contributed by atoms with van der Waals surface area (Å²) in [5.41, 5.74) is 5.46. The Morgan fingerprint density at radius 3 is 1.91 bits per heavy atom. The standard InChI is InChI=1S/C6H15N5/c1-10(2)5(7)9-6(8)11(3)4/h1-4H3,(H3,7,8,9). The van der Waals surface area contributed by atoms with Gasteiger partial charge in [-0.3, -0.25) is 5.41 Å². The first-order valence-corrected chi connectivity index (χ1v) is 3.22. The normalized spacial score (nSPS) is 11.1. The zero-order valence-corrected chi connectivity index (χ0v) is 7.42. The lowest BCUT2D eigenvalue weighted by molar-refractivity contribution is 0.592. The SMILES string of the molecule is CN(C)C(=N)N=C(N)N(C)C. The number of nitrogens with two attached hydrogens (primary N) is 1. The van der Waals surface area contributed by atoms with Gasteiger partial charge in [-0.1, -0.05) is 0 Å². The fourth-order valence-corrected chi connectivity index (χ4v) is 0.309. The minimum atomic E-state index is 0.149. The monoisotopic (exact) mass is 157 g/mol. The number of hydrogen-bond acceptors (Lipinski definition) is 1. The van der Waals surface area contributed by atoms with E-state index in [0.29, 0.717) is 5.96 Å². The maximum absolute atomic E-state index is 7.30. The highest BCUT2D eigenvalue weighted by Crippen LogP contribution is 1.83. The third kappa shape index (κ3) is 3.44. The summed E-state index contributed by atoms with van der Waals surface area (Å²) >= 11 is 0. The van der Waals surface area contributed by atoms with Crippen LogP contribution in [0.3, 0.4) is 0 Å². The van der Waals surface area contributed by atoms with Crippen LogP contribution in [-0.2, 0) is 0 Å². The van der Waals surface area contributed by atoms with Crippen molar-refractivity contribution in [3.8, 4) is 0 Å². The smallest absolute Gasteiger partial charge is 0.220 e. The molecule has 5 nitrogen and oxygen atoms in total. The lowest BCUT2D eigenvalue weighted by Gasteiger charge is -2.13. The van der Waals surface area contributed by atoms with Gasteiger partial charge in [-0.25, -0.2) is 0 Å². The summed E-state index contributed by atoms with van der Waals surface area (Å²) in [5, 5.41) is 7.30. The minimum Gasteiger partial charge on any atom is -0.369 e. The van der Waals surface area contributed by atoms with Crippen molar-refractivity contribution in [2.75, 3.05) is 28.2 Å². The molecule has 0 heterocycles. The van der Waals surface area contributed by atoms with Crippen LogP contribution < -0.4 is 5.73 Å². The van der Waals surface area contributed by atoms with Gasteiger partial charge in [-0.15, -0.1) is 0 Å². The Hall–Kier alpha value is -1.26. The van der Waals surface area contributed by atoms with Crippen LogP contribution in [-0.4, -0.2) is 49.9 Å². The van der Waals surface area contributed by atoms with Crippen molar-refractivity contribution in [1.29, 1.82) is 5.41 Å². The molecule has 0 atom stereocenters. The highest BCUT2D eigenvalue weighted by Gasteiger charge is 1.98. The summed E-state index contributed by atoms with van der Waals surface area (Å²) in [5.74, 6) is 0.486. The summed E-state index contributed by atoms with van der Waals surface area (Å²) in [6.45, 7) is 0. The quantitative estimate of drug-likeness (QED) is 0.363. The van der Waals surface area contributed by atoms with Gasteiger partial charge < -0.3 is 15.5 Å². The molecule has 0 spiro atoms. The molecule has 0 rings (SSSR count). The maximum atomic E-state index is 7.30. The lowest BCUT2D eigenvalue weighted by Crippen LogP contribution is -2.33. The van der Waals surface area contributed by atoms with Crippen molar-refractivity contribution in [1.82, 2.24) is 9.80 Å². The second-order valence-electron chi connectivity index (χ2n) is 2.58. The van der Waals surface area contributed by atoms with Crippen LogP contribution in [0.1, 0.15) is 0 Å². The van der Waals surface area contributed by atoms with Gasteiger partial charge in [-0.05, 0) is 0 Å². The van der Waals surface area contributed by atoms with Crippen molar-refractivity contribution in [2.24, 2.45) is 10.7 Å². The number of rotatable bonds is 0. The van der Waals surface area contributed by atoms with Crippen LogP contribution in [0.25, 0.3) is 0 Å². The fraction of sp³-hybridized carbons (Fsp3) is 0.667. The highest BCUT2D eigenvalue weighted by molar-refractivity contribution is 5.92. The molecule has 0 aliphatic carbocycles. The van der Waals surface area contributed by atoms with Gasteiger partial charge in [0.2, 0.25) is 5.96 Å². The maximum Gasteiger partial charge on any atom is 0.220 e. The number of aliphatic imine (C=N–C) groups is 1. The van der Waals surface area contributed by atoms with E-state index in [1.807, 2.05) is 0 Å². The number of nitrogens with zero attached hydrogens (tertiary/aromatic N) is 3. The minimum absolute atomic E-state index is 0.149. The summed E-state index contributed by atoms with van der Waals surface area (Å²) in [7, 11) is 7.05. The predicted molar refractivity (Wildman–Crippen MR) is 46.7 cm³/mol. The van der Waals surface area contributed by atoms with Gasteiger partial charge in [0.15, 0.2) is 5.96 Å². The van der Waals surface area contributed by atoms with Crippen LogP contribution in [0.5, 0.6) is 0 Å². The molecule has 0 saturated heterocycles. The largest absolute Gasteiger partial charge is 0.369 e. The average molecular weight is 157 g/mol. The van der Waals surface area contributed by atoms with Gasteiger partial charge in [0.05, 0.1) is 0 Å². The van der Waals surface area contributed by atoms with Crippen molar-refractivity contribution >= 4 is 11.9 Å². The van der Waals surface area contributed by atoms with Crippen molar-refractivity contribution in [2.45, 2.75) is 0 Å². The Kier molecular flexibility index (Phi) is 3.36. The first-order chi connectivity index (χ1) is 4.95. The molecule has 0 bridgehead atoms. The highest BCUT2D eigenvalue weighted by atomic mass is 15.3. The molecular formula is C6H15N5. The molecule has 0 aliphatic rings. The van der Waals surface area contributed by atoms with Crippen molar-refractivity contribution in [3.63, 3.8) is 0 Å². The fourth-order valence-electron chi connectivity index (χ4n) is 0.309. The molecular weight excluding hydrogens is 142 g/mol. The zero-order chi connectivity index (χ0) is 9.02. The van der Waals surface area contributed by atoms with Gasteiger partial charge in [0.1, 0.15) is 0 Å². The van der Waals surface area contributed by atoms with Crippen molar-refractivity contribution < 1.29 is 0 Å². The van der Waals surface area contributed by atoms with Crippen LogP contribution in [0.15, 0.2) is 4.99 Å². The van der Waals surface area contributed by atoms with E-state index in [2.05, 4.69) is 4.99 Å². The Balaban J connectivity index is 4.20. The molecule has 64 valence electrons. The topological polar surface area (TPSA) is 68.7 Å².